The van der Waals surface area contributed by atoms with Crippen molar-refractivity contribution in [1.82, 2.24) is 0 Å². The van der Waals surface area contributed by atoms with Crippen molar-refractivity contribution in [1.29, 1.82) is 0 Å². The molecule has 2 unspecified atom stereocenters. The maximum Gasteiger partial charge on any atom is 0.276 e. The number of anilines is 1. The summed E-state index contributed by atoms with van der Waals surface area (Å²) in [5, 5.41) is 21.6. The molecule has 5 heteroatoms. The number of ether oxygens (including phenoxy) is 1. The molecular formula is C15H11NO4. The summed E-state index contributed by atoms with van der Waals surface area (Å²) in [5.74, 6) is -2.45. The molecular weight excluding hydrogens is 258 g/mol. The van der Waals surface area contributed by atoms with Gasteiger partial charge in [0.25, 0.3) is 5.79 Å². The van der Waals surface area contributed by atoms with Crippen LogP contribution in [0.15, 0.2) is 42.5 Å². The summed E-state index contributed by atoms with van der Waals surface area (Å²) < 4.78 is 5.50. The molecule has 0 aromatic heterocycles. The van der Waals surface area contributed by atoms with Crippen LogP contribution in [0.2, 0.25) is 0 Å². The van der Waals surface area contributed by atoms with Crippen LogP contribution in [-0.4, -0.2) is 16.0 Å². The number of Topliss-reactive ketones (excluding diaryl/α,β-unsaturated/α-hetero) is 1. The Labute approximate surface area is 114 Å². The van der Waals surface area contributed by atoms with E-state index in [-0.39, 0.29) is 22.4 Å². The van der Waals surface area contributed by atoms with Crippen molar-refractivity contribution in [2.75, 3.05) is 5.73 Å². The van der Waals surface area contributed by atoms with E-state index in [0.29, 0.717) is 5.69 Å². The van der Waals surface area contributed by atoms with Crippen molar-refractivity contribution >= 4 is 11.5 Å². The van der Waals surface area contributed by atoms with Crippen LogP contribution in [0.4, 0.5) is 5.69 Å². The Bertz CT molecular complexity index is 772. The minimum absolute atomic E-state index is 0.220. The smallest absolute Gasteiger partial charge is 0.276 e. The summed E-state index contributed by atoms with van der Waals surface area (Å²) in [6.07, 6.45) is 0. The van der Waals surface area contributed by atoms with Crippen LogP contribution < -0.4 is 10.5 Å². The third-order valence-electron chi connectivity index (χ3n) is 4.01. The van der Waals surface area contributed by atoms with Crippen LogP contribution in [0.25, 0.3) is 0 Å². The molecule has 0 bridgehead atoms. The fraction of sp³-hybridized carbons (Fsp3) is 0.133. The second-order valence-electron chi connectivity index (χ2n) is 5.09. The van der Waals surface area contributed by atoms with Gasteiger partial charge in [-0.3, -0.25) is 4.79 Å². The van der Waals surface area contributed by atoms with Crippen molar-refractivity contribution in [2.45, 2.75) is 11.4 Å². The molecule has 100 valence electrons. The van der Waals surface area contributed by atoms with Gasteiger partial charge in [-0.25, -0.2) is 0 Å². The first-order valence-corrected chi connectivity index (χ1v) is 6.16. The predicted molar refractivity (Wildman–Crippen MR) is 70.0 cm³/mol. The number of hydrogen-bond donors (Lipinski definition) is 3. The van der Waals surface area contributed by atoms with Crippen molar-refractivity contribution in [2.24, 2.45) is 0 Å². The molecule has 5 nitrogen and oxygen atoms in total. The van der Waals surface area contributed by atoms with Gasteiger partial charge in [-0.05, 0) is 12.1 Å². The first-order valence-electron chi connectivity index (χ1n) is 6.16. The molecule has 0 amide bonds. The monoisotopic (exact) mass is 269 g/mol. The Hall–Kier alpha value is -2.37. The minimum Gasteiger partial charge on any atom is -0.454 e. The molecule has 0 saturated heterocycles. The quantitative estimate of drug-likeness (QED) is 0.618. The highest BCUT2D eigenvalue weighted by atomic mass is 16.7. The van der Waals surface area contributed by atoms with Gasteiger partial charge in [0.2, 0.25) is 11.4 Å². The van der Waals surface area contributed by atoms with Gasteiger partial charge in [0, 0.05) is 28.4 Å². The molecule has 0 spiro atoms. The molecule has 4 rings (SSSR count). The molecule has 0 fully saturated rings. The molecule has 0 radical (unpaired) electrons. The average molecular weight is 269 g/mol. The van der Waals surface area contributed by atoms with Crippen molar-refractivity contribution in [3.8, 4) is 5.75 Å². The zero-order chi connectivity index (χ0) is 14.1. The Morgan fingerprint density at radius 1 is 1.05 bits per heavy atom. The number of benzene rings is 2. The number of hydrogen-bond acceptors (Lipinski definition) is 5. The molecule has 20 heavy (non-hydrogen) atoms. The van der Waals surface area contributed by atoms with E-state index in [4.69, 9.17) is 10.5 Å². The highest BCUT2D eigenvalue weighted by Gasteiger charge is 2.70. The van der Waals surface area contributed by atoms with Crippen LogP contribution in [0.3, 0.4) is 0 Å². The molecule has 1 aliphatic heterocycles. The van der Waals surface area contributed by atoms with Crippen LogP contribution in [0.1, 0.15) is 21.5 Å². The lowest BCUT2D eigenvalue weighted by atomic mass is 9.87. The van der Waals surface area contributed by atoms with Gasteiger partial charge in [0.1, 0.15) is 5.75 Å². The molecule has 4 N–H and O–H groups in total. The van der Waals surface area contributed by atoms with E-state index in [1.54, 1.807) is 30.3 Å². The number of fused-ring (bicyclic) bond motifs is 5. The first-order chi connectivity index (χ1) is 9.48. The van der Waals surface area contributed by atoms with Crippen molar-refractivity contribution < 1.29 is 19.7 Å². The topological polar surface area (TPSA) is 92.8 Å². The summed E-state index contributed by atoms with van der Waals surface area (Å²) >= 11 is 0. The Morgan fingerprint density at radius 2 is 1.80 bits per heavy atom. The standard InChI is InChI=1S/C15H11NO4/c16-8-5-6-11-12(7-8)20-15(19)10-4-2-1-3-9(10)13(17)14(11,15)18/h1-7,18-19H,16H2. The third kappa shape index (κ3) is 1.01. The summed E-state index contributed by atoms with van der Waals surface area (Å²) in [6.45, 7) is 0. The fourth-order valence-corrected chi connectivity index (χ4v) is 3.04. The molecule has 1 aliphatic carbocycles. The lowest BCUT2D eigenvalue weighted by Gasteiger charge is -2.28. The lowest BCUT2D eigenvalue weighted by Crippen LogP contribution is -2.48. The molecule has 2 aromatic rings. The molecule has 2 atom stereocenters. The van der Waals surface area contributed by atoms with Gasteiger partial charge in [-0.15, -0.1) is 0 Å². The van der Waals surface area contributed by atoms with Gasteiger partial charge in [-0.2, -0.15) is 0 Å². The van der Waals surface area contributed by atoms with E-state index in [2.05, 4.69) is 0 Å². The minimum atomic E-state index is -2.13. The van der Waals surface area contributed by atoms with E-state index in [9.17, 15) is 15.0 Å². The maximum atomic E-state index is 12.5. The van der Waals surface area contributed by atoms with Gasteiger partial charge in [0.15, 0.2) is 0 Å². The largest absolute Gasteiger partial charge is 0.454 e. The third-order valence-corrected chi connectivity index (χ3v) is 4.01. The van der Waals surface area contributed by atoms with E-state index < -0.39 is 17.2 Å². The highest BCUT2D eigenvalue weighted by Crippen LogP contribution is 2.58. The van der Waals surface area contributed by atoms with Crippen LogP contribution in [0.5, 0.6) is 5.75 Å². The summed E-state index contributed by atoms with van der Waals surface area (Å²) in [6, 6.07) is 11.0. The Balaban J connectivity index is 2.05. The lowest BCUT2D eigenvalue weighted by molar-refractivity contribution is -0.224. The van der Waals surface area contributed by atoms with Crippen molar-refractivity contribution in [3.63, 3.8) is 0 Å². The second kappa shape index (κ2) is 3.20. The van der Waals surface area contributed by atoms with Crippen molar-refractivity contribution in [3.05, 3.63) is 59.2 Å². The van der Waals surface area contributed by atoms with E-state index in [1.165, 1.54) is 12.1 Å². The zero-order valence-corrected chi connectivity index (χ0v) is 10.3. The number of ketones is 1. The number of nitrogen functional groups attached to an aromatic ring is 1. The normalized spacial score (nSPS) is 29.6. The maximum absolute atomic E-state index is 12.5. The fourth-order valence-electron chi connectivity index (χ4n) is 3.04. The van der Waals surface area contributed by atoms with Crippen LogP contribution in [0, 0.1) is 0 Å². The number of nitrogens with two attached hydrogens (primary N) is 1. The predicted octanol–water partition coefficient (Wildman–Crippen LogP) is 0.890. The van der Waals surface area contributed by atoms with Crippen LogP contribution in [-0.2, 0) is 11.4 Å². The molecule has 1 heterocycles. The first kappa shape index (κ1) is 11.5. The van der Waals surface area contributed by atoms with E-state index in [0.717, 1.165) is 0 Å². The van der Waals surface area contributed by atoms with Gasteiger partial charge in [0.05, 0.1) is 0 Å². The highest BCUT2D eigenvalue weighted by molar-refractivity contribution is 6.09. The van der Waals surface area contributed by atoms with Crippen LogP contribution >= 0.6 is 0 Å². The number of aliphatic hydroxyl groups is 2. The average Bonchev–Trinajstić information content (AvgIpc) is 2.76. The number of carbonyl (C=O) groups is 1. The number of carbonyl (C=O) groups excluding carboxylic acids is 1. The van der Waals surface area contributed by atoms with Gasteiger partial charge in [-0.1, -0.05) is 24.3 Å². The molecule has 2 aromatic carbocycles. The zero-order valence-electron chi connectivity index (χ0n) is 10.3. The summed E-state index contributed by atoms with van der Waals surface area (Å²) in [4.78, 5) is 12.5. The molecule has 2 aliphatic rings. The second-order valence-corrected chi connectivity index (χ2v) is 5.09. The molecule has 0 saturated carbocycles. The summed E-state index contributed by atoms with van der Waals surface area (Å²) in [7, 11) is 0. The van der Waals surface area contributed by atoms with E-state index in [1.807, 2.05) is 0 Å². The number of rotatable bonds is 0. The Morgan fingerprint density at radius 3 is 2.60 bits per heavy atom. The Kier molecular flexibility index (Phi) is 1.83. The summed E-state index contributed by atoms with van der Waals surface area (Å²) in [5.41, 5.74) is 4.73. The van der Waals surface area contributed by atoms with Gasteiger partial charge < -0.3 is 20.7 Å². The van der Waals surface area contributed by atoms with Gasteiger partial charge >= 0.3 is 0 Å². The SMILES string of the molecule is Nc1ccc2c(c1)OC1(O)c3ccccc3C(=O)C21O. The van der Waals surface area contributed by atoms with E-state index >= 15 is 0 Å².